The molecule has 2 unspecified atom stereocenters. The standard InChI is InChI=1S/C15H19N3O2/c1-3-11-14(19)17-13(10-6-7-10)15(20)18(11)12-5-4-8-16-9(12)2/h4-5,8,10-11,13H,3,6-7H2,1-2H3,(H,17,19). The van der Waals surface area contributed by atoms with Crippen molar-refractivity contribution < 1.29 is 9.59 Å². The van der Waals surface area contributed by atoms with Crippen molar-refractivity contribution in [1.29, 1.82) is 0 Å². The van der Waals surface area contributed by atoms with Crippen molar-refractivity contribution in [1.82, 2.24) is 10.3 Å². The highest BCUT2D eigenvalue weighted by atomic mass is 16.2. The summed E-state index contributed by atoms with van der Waals surface area (Å²) in [5, 5.41) is 2.90. The van der Waals surface area contributed by atoms with Crippen LogP contribution in [-0.4, -0.2) is 28.9 Å². The van der Waals surface area contributed by atoms with Gasteiger partial charge in [-0.2, -0.15) is 0 Å². The number of nitrogens with one attached hydrogen (secondary N) is 1. The van der Waals surface area contributed by atoms with E-state index in [0.717, 1.165) is 24.2 Å². The molecule has 5 nitrogen and oxygen atoms in total. The quantitative estimate of drug-likeness (QED) is 0.905. The largest absolute Gasteiger partial charge is 0.342 e. The minimum Gasteiger partial charge on any atom is -0.342 e. The summed E-state index contributed by atoms with van der Waals surface area (Å²) in [6, 6.07) is 2.89. The van der Waals surface area contributed by atoms with Gasteiger partial charge in [0.1, 0.15) is 12.1 Å². The van der Waals surface area contributed by atoms with E-state index in [9.17, 15) is 9.59 Å². The first kappa shape index (κ1) is 13.1. The number of piperazine rings is 1. The van der Waals surface area contributed by atoms with Crippen LogP contribution in [0.2, 0.25) is 0 Å². The third kappa shape index (κ3) is 2.07. The molecule has 106 valence electrons. The normalized spacial score (nSPS) is 26.6. The zero-order valence-corrected chi connectivity index (χ0v) is 11.8. The number of hydrogen-bond acceptors (Lipinski definition) is 3. The van der Waals surface area contributed by atoms with Crippen LogP contribution in [0.3, 0.4) is 0 Å². The zero-order chi connectivity index (χ0) is 14.3. The third-order valence-corrected chi connectivity index (χ3v) is 4.13. The van der Waals surface area contributed by atoms with Crippen LogP contribution < -0.4 is 10.2 Å². The average Bonchev–Trinajstić information content (AvgIpc) is 3.26. The number of amides is 2. The molecule has 0 aromatic carbocycles. The van der Waals surface area contributed by atoms with Gasteiger partial charge in [-0.3, -0.25) is 19.5 Å². The molecule has 1 aromatic rings. The summed E-state index contributed by atoms with van der Waals surface area (Å²) < 4.78 is 0. The topological polar surface area (TPSA) is 62.3 Å². The summed E-state index contributed by atoms with van der Waals surface area (Å²) in [4.78, 5) is 30.9. The Balaban J connectivity index is 2.01. The number of hydrogen-bond donors (Lipinski definition) is 1. The molecule has 1 aromatic heterocycles. The maximum Gasteiger partial charge on any atom is 0.250 e. The first-order valence-electron chi connectivity index (χ1n) is 7.18. The lowest BCUT2D eigenvalue weighted by Gasteiger charge is -2.39. The number of aromatic nitrogens is 1. The number of nitrogens with zero attached hydrogens (tertiary/aromatic N) is 2. The van der Waals surface area contributed by atoms with Crippen molar-refractivity contribution in [2.45, 2.75) is 45.2 Å². The first-order chi connectivity index (χ1) is 9.63. The first-order valence-corrected chi connectivity index (χ1v) is 7.18. The van der Waals surface area contributed by atoms with Gasteiger partial charge in [-0.15, -0.1) is 0 Å². The Morgan fingerprint density at radius 2 is 2.15 bits per heavy atom. The molecule has 0 bridgehead atoms. The molecular weight excluding hydrogens is 254 g/mol. The molecule has 5 heteroatoms. The molecule has 1 saturated carbocycles. The van der Waals surface area contributed by atoms with Gasteiger partial charge < -0.3 is 5.32 Å². The van der Waals surface area contributed by atoms with Crippen LogP contribution in [0.4, 0.5) is 5.69 Å². The lowest BCUT2D eigenvalue weighted by Crippen LogP contribution is -2.64. The van der Waals surface area contributed by atoms with Gasteiger partial charge in [-0.05, 0) is 44.2 Å². The van der Waals surface area contributed by atoms with E-state index in [0.29, 0.717) is 12.3 Å². The second kappa shape index (κ2) is 4.89. The van der Waals surface area contributed by atoms with Crippen molar-refractivity contribution in [3.8, 4) is 0 Å². The summed E-state index contributed by atoms with van der Waals surface area (Å²) in [6.45, 7) is 3.79. The molecule has 2 heterocycles. The van der Waals surface area contributed by atoms with Crippen LogP contribution in [0.15, 0.2) is 18.3 Å². The van der Waals surface area contributed by atoms with Gasteiger partial charge in [0, 0.05) is 6.20 Å². The molecule has 20 heavy (non-hydrogen) atoms. The molecule has 1 aliphatic carbocycles. The Labute approximate surface area is 118 Å². The van der Waals surface area contributed by atoms with Crippen LogP contribution in [-0.2, 0) is 9.59 Å². The smallest absolute Gasteiger partial charge is 0.250 e. The number of aryl methyl sites for hydroxylation is 1. The van der Waals surface area contributed by atoms with Gasteiger partial charge >= 0.3 is 0 Å². The molecule has 2 atom stereocenters. The molecule has 0 radical (unpaired) electrons. The number of rotatable bonds is 3. The van der Waals surface area contributed by atoms with E-state index in [2.05, 4.69) is 10.3 Å². The summed E-state index contributed by atoms with van der Waals surface area (Å²) in [6.07, 6.45) is 4.34. The Morgan fingerprint density at radius 3 is 2.75 bits per heavy atom. The highest BCUT2D eigenvalue weighted by Crippen LogP contribution is 2.36. The predicted molar refractivity (Wildman–Crippen MR) is 75.2 cm³/mol. The number of pyridine rings is 1. The molecular formula is C15H19N3O2. The number of carbonyl (C=O) groups is 2. The van der Waals surface area contributed by atoms with Crippen molar-refractivity contribution >= 4 is 17.5 Å². The summed E-state index contributed by atoms with van der Waals surface area (Å²) in [5.74, 6) is 0.269. The predicted octanol–water partition coefficient (Wildman–Crippen LogP) is 1.41. The monoisotopic (exact) mass is 273 g/mol. The van der Waals surface area contributed by atoms with Crippen LogP contribution >= 0.6 is 0 Å². The van der Waals surface area contributed by atoms with Gasteiger partial charge in [0.15, 0.2) is 0 Å². The van der Waals surface area contributed by atoms with Crippen LogP contribution in [0.25, 0.3) is 0 Å². The maximum atomic E-state index is 12.8. The summed E-state index contributed by atoms with van der Waals surface area (Å²) >= 11 is 0. The van der Waals surface area contributed by atoms with E-state index in [1.165, 1.54) is 0 Å². The summed E-state index contributed by atoms with van der Waals surface area (Å²) in [7, 11) is 0. The molecule has 1 aliphatic heterocycles. The zero-order valence-electron chi connectivity index (χ0n) is 11.8. The minimum absolute atomic E-state index is 0.00931. The van der Waals surface area contributed by atoms with Crippen LogP contribution in [0.5, 0.6) is 0 Å². The molecule has 0 spiro atoms. The van der Waals surface area contributed by atoms with Crippen LogP contribution in [0, 0.1) is 12.8 Å². The molecule has 2 aliphatic rings. The molecule has 2 fully saturated rings. The lowest BCUT2D eigenvalue weighted by atomic mass is 10.0. The molecule has 1 saturated heterocycles. The maximum absolute atomic E-state index is 12.8. The third-order valence-electron chi connectivity index (χ3n) is 4.13. The van der Waals surface area contributed by atoms with Crippen molar-refractivity contribution in [2.24, 2.45) is 5.92 Å². The van der Waals surface area contributed by atoms with Gasteiger partial charge in [-0.25, -0.2) is 0 Å². The fourth-order valence-corrected chi connectivity index (χ4v) is 2.87. The van der Waals surface area contributed by atoms with E-state index >= 15 is 0 Å². The van der Waals surface area contributed by atoms with Crippen molar-refractivity contribution in [3.05, 3.63) is 24.0 Å². The fourth-order valence-electron chi connectivity index (χ4n) is 2.87. The van der Waals surface area contributed by atoms with Gasteiger partial charge in [0.25, 0.3) is 5.91 Å². The van der Waals surface area contributed by atoms with Gasteiger partial charge in [0.05, 0.1) is 11.4 Å². The van der Waals surface area contributed by atoms with E-state index in [1.807, 2.05) is 19.9 Å². The van der Waals surface area contributed by atoms with E-state index in [4.69, 9.17) is 0 Å². The SMILES string of the molecule is CCC1C(=O)NC(C2CC2)C(=O)N1c1cccnc1C. The van der Waals surface area contributed by atoms with E-state index in [1.54, 1.807) is 17.2 Å². The highest BCUT2D eigenvalue weighted by Gasteiger charge is 2.47. The average molecular weight is 273 g/mol. The van der Waals surface area contributed by atoms with E-state index in [-0.39, 0.29) is 17.9 Å². The Morgan fingerprint density at radius 1 is 1.40 bits per heavy atom. The van der Waals surface area contributed by atoms with Crippen molar-refractivity contribution in [3.63, 3.8) is 0 Å². The van der Waals surface area contributed by atoms with Crippen molar-refractivity contribution in [2.75, 3.05) is 4.90 Å². The lowest BCUT2D eigenvalue weighted by molar-refractivity contribution is -0.134. The number of anilines is 1. The Kier molecular flexibility index (Phi) is 3.20. The van der Waals surface area contributed by atoms with Gasteiger partial charge in [0.2, 0.25) is 5.91 Å². The molecule has 2 amide bonds. The fraction of sp³-hybridized carbons (Fsp3) is 0.533. The highest BCUT2D eigenvalue weighted by molar-refractivity contribution is 6.08. The molecule has 1 N–H and O–H groups in total. The Bertz CT molecular complexity index is 554. The van der Waals surface area contributed by atoms with Gasteiger partial charge in [-0.1, -0.05) is 6.92 Å². The Hall–Kier alpha value is -1.91. The number of carbonyl (C=O) groups excluding carboxylic acids is 2. The van der Waals surface area contributed by atoms with E-state index < -0.39 is 6.04 Å². The minimum atomic E-state index is -0.430. The second-order valence-electron chi connectivity index (χ2n) is 5.56. The summed E-state index contributed by atoms with van der Waals surface area (Å²) in [5.41, 5.74) is 1.54. The van der Waals surface area contributed by atoms with Crippen LogP contribution in [0.1, 0.15) is 31.9 Å². The second-order valence-corrected chi connectivity index (χ2v) is 5.56. The molecule has 3 rings (SSSR count).